The third-order valence-electron chi connectivity index (χ3n) is 2.80. The standard InChI is InChI=1S/C13H17NO4/c1-3-18-10-6-4-9(5-7-10)13(2,12(16)17)8-11(14)15/h4-7H,3,8H2,1-2H3,(H2,14,15)(H,16,17). The highest BCUT2D eigenvalue weighted by molar-refractivity contribution is 5.88. The minimum Gasteiger partial charge on any atom is -0.494 e. The molecule has 0 aromatic heterocycles. The number of rotatable bonds is 6. The monoisotopic (exact) mass is 251 g/mol. The second-order valence-electron chi connectivity index (χ2n) is 4.24. The number of aliphatic carboxylic acids is 1. The Morgan fingerprint density at radius 2 is 1.89 bits per heavy atom. The molecule has 1 rings (SSSR count). The lowest BCUT2D eigenvalue weighted by molar-refractivity contribution is -0.145. The summed E-state index contributed by atoms with van der Waals surface area (Å²) in [6.45, 7) is 3.88. The summed E-state index contributed by atoms with van der Waals surface area (Å²) in [5.74, 6) is -1.06. The minimum atomic E-state index is -1.31. The van der Waals surface area contributed by atoms with Crippen LogP contribution < -0.4 is 10.5 Å². The van der Waals surface area contributed by atoms with Crippen LogP contribution in [-0.4, -0.2) is 23.6 Å². The lowest BCUT2D eigenvalue weighted by Crippen LogP contribution is -2.37. The molecule has 5 heteroatoms. The van der Waals surface area contributed by atoms with Crippen molar-refractivity contribution in [1.29, 1.82) is 0 Å². The van der Waals surface area contributed by atoms with Gasteiger partial charge < -0.3 is 15.6 Å². The van der Waals surface area contributed by atoms with Gasteiger partial charge >= 0.3 is 5.97 Å². The molecule has 0 spiro atoms. The zero-order valence-electron chi connectivity index (χ0n) is 10.5. The summed E-state index contributed by atoms with van der Waals surface area (Å²) >= 11 is 0. The van der Waals surface area contributed by atoms with E-state index in [2.05, 4.69) is 0 Å². The number of hydrogen-bond acceptors (Lipinski definition) is 3. The molecule has 0 aliphatic rings. The number of ether oxygens (including phenoxy) is 1. The smallest absolute Gasteiger partial charge is 0.314 e. The number of amides is 1. The van der Waals surface area contributed by atoms with Gasteiger partial charge in [0.25, 0.3) is 0 Å². The molecule has 0 saturated heterocycles. The molecule has 0 aliphatic heterocycles. The molecule has 3 N–H and O–H groups in total. The summed E-state index contributed by atoms with van der Waals surface area (Å²) in [7, 11) is 0. The summed E-state index contributed by atoms with van der Waals surface area (Å²) in [6.07, 6.45) is -0.240. The number of primary amides is 1. The van der Waals surface area contributed by atoms with Crippen molar-refractivity contribution in [3.63, 3.8) is 0 Å². The van der Waals surface area contributed by atoms with Crippen molar-refractivity contribution in [3.05, 3.63) is 29.8 Å². The van der Waals surface area contributed by atoms with Crippen molar-refractivity contribution in [2.45, 2.75) is 25.7 Å². The third kappa shape index (κ3) is 3.00. The number of benzene rings is 1. The van der Waals surface area contributed by atoms with E-state index in [0.29, 0.717) is 17.9 Å². The number of carboxylic acid groups (broad SMARTS) is 1. The van der Waals surface area contributed by atoms with Gasteiger partial charge in [-0.3, -0.25) is 9.59 Å². The van der Waals surface area contributed by atoms with Gasteiger partial charge in [0.2, 0.25) is 5.91 Å². The predicted octanol–water partition coefficient (Wildman–Crippen LogP) is 1.30. The van der Waals surface area contributed by atoms with Gasteiger partial charge in [-0.25, -0.2) is 0 Å². The molecule has 1 unspecified atom stereocenters. The average Bonchev–Trinajstić information content (AvgIpc) is 2.29. The molecule has 1 atom stereocenters. The van der Waals surface area contributed by atoms with Crippen LogP contribution in [0.1, 0.15) is 25.8 Å². The van der Waals surface area contributed by atoms with E-state index in [0.717, 1.165) is 0 Å². The van der Waals surface area contributed by atoms with Crippen molar-refractivity contribution >= 4 is 11.9 Å². The van der Waals surface area contributed by atoms with Gasteiger partial charge in [0.1, 0.15) is 5.75 Å². The summed E-state index contributed by atoms with van der Waals surface area (Å²) in [4.78, 5) is 22.3. The Bertz CT molecular complexity index is 441. The van der Waals surface area contributed by atoms with E-state index >= 15 is 0 Å². The fourth-order valence-electron chi connectivity index (χ4n) is 1.74. The minimum absolute atomic E-state index is 0.240. The summed E-state index contributed by atoms with van der Waals surface area (Å²) in [6, 6.07) is 6.64. The fraction of sp³-hybridized carbons (Fsp3) is 0.385. The second-order valence-corrected chi connectivity index (χ2v) is 4.24. The lowest BCUT2D eigenvalue weighted by Gasteiger charge is -2.24. The van der Waals surface area contributed by atoms with Crippen molar-refractivity contribution in [2.75, 3.05) is 6.61 Å². The number of carboxylic acids is 1. The fourth-order valence-corrected chi connectivity index (χ4v) is 1.74. The van der Waals surface area contributed by atoms with Crippen LogP contribution in [0.4, 0.5) is 0 Å². The lowest BCUT2D eigenvalue weighted by atomic mass is 9.79. The summed E-state index contributed by atoms with van der Waals surface area (Å²) in [5.41, 5.74) is 4.32. The van der Waals surface area contributed by atoms with Crippen LogP contribution in [0.15, 0.2) is 24.3 Å². The molecule has 0 bridgehead atoms. The molecule has 0 radical (unpaired) electrons. The van der Waals surface area contributed by atoms with Gasteiger partial charge in [-0.1, -0.05) is 12.1 Å². The molecule has 18 heavy (non-hydrogen) atoms. The van der Waals surface area contributed by atoms with Crippen LogP contribution in [0.25, 0.3) is 0 Å². The SMILES string of the molecule is CCOc1ccc(C(C)(CC(N)=O)C(=O)O)cc1. The maximum absolute atomic E-state index is 11.3. The van der Waals surface area contributed by atoms with Gasteiger partial charge in [0, 0.05) is 6.42 Å². The first kappa shape index (κ1) is 14.0. The summed E-state index contributed by atoms with van der Waals surface area (Å²) < 4.78 is 5.28. The average molecular weight is 251 g/mol. The highest BCUT2D eigenvalue weighted by Gasteiger charge is 2.36. The van der Waals surface area contributed by atoms with Gasteiger partial charge in [-0.05, 0) is 31.5 Å². The molecule has 0 saturated carbocycles. The van der Waals surface area contributed by atoms with Crippen molar-refractivity contribution in [2.24, 2.45) is 5.73 Å². The van der Waals surface area contributed by atoms with E-state index in [4.69, 9.17) is 10.5 Å². The molecule has 98 valence electrons. The van der Waals surface area contributed by atoms with E-state index in [1.807, 2.05) is 6.92 Å². The Hall–Kier alpha value is -2.04. The zero-order valence-corrected chi connectivity index (χ0v) is 10.5. The number of nitrogens with two attached hydrogens (primary N) is 1. The third-order valence-corrected chi connectivity index (χ3v) is 2.80. The Morgan fingerprint density at radius 3 is 2.28 bits per heavy atom. The molecule has 0 aliphatic carbocycles. The van der Waals surface area contributed by atoms with Gasteiger partial charge in [0.05, 0.1) is 12.0 Å². The maximum Gasteiger partial charge on any atom is 0.314 e. The normalized spacial score (nSPS) is 13.7. The Kier molecular flexibility index (Phi) is 4.31. The quantitative estimate of drug-likeness (QED) is 0.797. The second kappa shape index (κ2) is 5.53. The molecule has 1 aromatic rings. The largest absolute Gasteiger partial charge is 0.494 e. The Morgan fingerprint density at radius 1 is 1.33 bits per heavy atom. The van der Waals surface area contributed by atoms with E-state index in [9.17, 15) is 14.7 Å². The molecular weight excluding hydrogens is 234 g/mol. The van der Waals surface area contributed by atoms with E-state index in [-0.39, 0.29) is 6.42 Å². The van der Waals surface area contributed by atoms with E-state index in [1.165, 1.54) is 6.92 Å². The zero-order chi connectivity index (χ0) is 13.8. The van der Waals surface area contributed by atoms with Crippen LogP contribution in [0.2, 0.25) is 0 Å². The van der Waals surface area contributed by atoms with E-state index < -0.39 is 17.3 Å². The molecular formula is C13H17NO4. The van der Waals surface area contributed by atoms with Gasteiger partial charge in [-0.2, -0.15) is 0 Å². The maximum atomic E-state index is 11.3. The Labute approximate surface area is 106 Å². The molecule has 1 amide bonds. The number of hydrogen-bond donors (Lipinski definition) is 2. The molecule has 0 fully saturated rings. The highest BCUT2D eigenvalue weighted by Crippen LogP contribution is 2.29. The topological polar surface area (TPSA) is 89.6 Å². The molecule has 5 nitrogen and oxygen atoms in total. The van der Waals surface area contributed by atoms with Crippen LogP contribution in [0, 0.1) is 0 Å². The van der Waals surface area contributed by atoms with Crippen molar-refractivity contribution in [1.82, 2.24) is 0 Å². The van der Waals surface area contributed by atoms with Crippen LogP contribution >= 0.6 is 0 Å². The van der Waals surface area contributed by atoms with Crippen LogP contribution in [0.3, 0.4) is 0 Å². The van der Waals surface area contributed by atoms with Gasteiger partial charge in [-0.15, -0.1) is 0 Å². The first-order valence-electron chi connectivity index (χ1n) is 5.65. The first-order valence-corrected chi connectivity index (χ1v) is 5.65. The first-order chi connectivity index (χ1) is 8.40. The number of carbonyl (C=O) groups excluding carboxylic acids is 1. The number of carbonyl (C=O) groups is 2. The van der Waals surface area contributed by atoms with E-state index in [1.54, 1.807) is 24.3 Å². The molecule has 0 heterocycles. The predicted molar refractivity (Wildman–Crippen MR) is 66.4 cm³/mol. The van der Waals surface area contributed by atoms with Crippen LogP contribution in [-0.2, 0) is 15.0 Å². The van der Waals surface area contributed by atoms with Crippen LogP contribution in [0.5, 0.6) is 5.75 Å². The molecule has 1 aromatic carbocycles. The van der Waals surface area contributed by atoms with Crippen molar-refractivity contribution in [3.8, 4) is 5.75 Å². The Balaban J connectivity index is 3.06. The highest BCUT2D eigenvalue weighted by atomic mass is 16.5. The summed E-state index contributed by atoms with van der Waals surface area (Å²) in [5, 5.41) is 9.27. The van der Waals surface area contributed by atoms with Crippen molar-refractivity contribution < 1.29 is 19.4 Å². The van der Waals surface area contributed by atoms with Gasteiger partial charge in [0.15, 0.2) is 0 Å².